The molecular formula is C15H21N3O2. The molecule has 0 aliphatic heterocycles. The topological polar surface area (TPSA) is 53.5 Å². The molecule has 0 N–H and O–H groups in total. The Labute approximate surface area is 119 Å². The standard InChI is InChI=1S/C15H21N3O2/c1-17(2)13(19)11-18(3)14(20)15(6-7-15)9-12-5-4-8-16-10-12/h4-5,8,10H,6-7,9,11H2,1-3H3. The van der Waals surface area contributed by atoms with E-state index in [0.29, 0.717) is 6.42 Å². The summed E-state index contributed by atoms with van der Waals surface area (Å²) in [4.78, 5) is 31.3. The number of pyridine rings is 1. The van der Waals surface area contributed by atoms with Crippen molar-refractivity contribution < 1.29 is 9.59 Å². The van der Waals surface area contributed by atoms with Gasteiger partial charge in [0, 0.05) is 33.5 Å². The maximum absolute atomic E-state index is 12.5. The molecule has 0 atom stereocenters. The van der Waals surface area contributed by atoms with Crippen LogP contribution >= 0.6 is 0 Å². The number of rotatable bonds is 5. The van der Waals surface area contributed by atoms with Crippen molar-refractivity contribution in [2.45, 2.75) is 19.3 Å². The van der Waals surface area contributed by atoms with Crippen molar-refractivity contribution in [3.8, 4) is 0 Å². The van der Waals surface area contributed by atoms with Gasteiger partial charge in [0.25, 0.3) is 0 Å². The molecule has 1 aliphatic rings. The predicted octanol–water partition coefficient (Wildman–Crippen LogP) is 0.951. The summed E-state index contributed by atoms with van der Waals surface area (Å²) in [5.74, 6) is 0.00887. The fraction of sp³-hybridized carbons (Fsp3) is 0.533. The lowest BCUT2D eigenvalue weighted by molar-refractivity contribution is -0.141. The van der Waals surface area contributed by atoms with E-state index in [4.69, 9.17) is 0 Å². The molecule has 2 amide bonds. The average Bonchev–Trinajstić information content (AvgIpc) is 3.19. The van der Waals surface area contributed by atoms with Gasteiger partial charge in [-0.25, -0.2) is 0 Å². The zero-order chi connectivity index (χ0) is 14.8. The first-order chi connectivity index (χ1) is 9.44. The first kappa shape index (κ1) is 14.5. The number of aromatic nitrogens is 1. The third-order valence-electron chi connectivity index (χ3n) is 3.79. The summed E-state index contributed by atoms with van der Waals surface area (Å²) in [6.07, 6.45) is 6.02. The number of hydrogen-bond acceptors (Lipinski definition) is 3. The van der Waals surface area contributed by atoms with Gasteiger partial charge in [0.05, 0.1) is 12.0 Å². The molecular weight excluding hydrogens is 254 g/mol. The summed E-state index contributed by atoms with van der Waals surface area (Å²) in [5, 5.41) is 0. The largest absolute Gasteiger partial charge is 0.347 e. The van der Waals surface area contributed by atoms with Crippen molar-refractivity contribution in [1.29, 1.82) is 0 Å². The van der Waals surface area contributed by atoms with Gasteiger partial charge >= 0.3 is 0 Å². The first-order valence-electron chi connectivity index (χ1n) is 6.79. The van der Waals surface area contributed by atoms with Crippen molar-refractivity contribution in [1.82, 2.24) is 14.8 Å². The SMILES string of the molecule is CN(C)C(=O)CN(C)C(=O)C1(Cc2cccnc2)CC1. The van der Waals surface area contributed by atoms with Gasteiger partial charge in [0.15, 0.2) is 0 Å². The van der Waals surface area contributed by atoms with Crippen LogP contribution in [0.1, 0.15) is 18.4 Å². The molecule has 0 unspecified atom stereocenters. The fourth-order valence-electron chi connectivity index (χ4n) is 2.33. The van der Waals surface area contributed by atoms with Gasteiger partial charge in [0.2, 0.25) is 11.8 Å². The van der Waals surface area contributed by atoms with Gasteiger partial charge in [-0.1, -0.05) is 6.07 Å². The van der Waals surface area contributed by atoms with Crippen LogP contribution in [0.5, 0.6) is 0 Å². The van der Waals surface area contributed by atoms with Crippen LogP contribution in [-0.4, -0.2) is 54.3 Å². The molecule has 1 aromatic heterocycles. The van der Waals surface area contributed by atoms with E-state index >= 15 is 0 Å². The summed E-state index contributed by atoms with van der Waals surface area (Å²) in [7, 11) is 5.10. The lowest BCUT2D eigenvalue weighted by Crippen LogP contribution is -2.41. The molecule has 0 spiro atoms. The number of carbonyl (C=O) groups excluding carboxylic acids is 2. The third-order valence-corrected chi connectivity index (χ3v) is 3.79. The summed E-state index contributed by atoms with van der Waals surface area (Å²) in [6.45, 7) is 0.140. The van der Waals surface area contributed by atoms with Crippen molar-refractivity contribution in [3.05, 3.63) is 30.1 Å². The number of likely N-dealkylation sites (N-methyl/N-ethyl adjacent to an activating group) is 2. The van der Waals surface area contributed by atoms with Crippen molar-refractivity contribution >= 4 is 11.8 Å². The zero-order valence-corrected chi connectivity index (χ0v) is 12.3. The van der Waals surface area contributed by atoms with E-state index in [0.717, 1.165) is 18.4 Å². The predicted molar refractivity (Wildman–Crippen MR) is 75.9 cm³/mol. The van der Waals surface area contributed by atoms with Crippen LogP contribution in [-0.2, 0) is 16.0 Å². The highest BCUT2D eigenvalue weighted by Crippen LogP contribution is 2.49. The van der Waals surface area contributed by atoms with Gasteiger partial charge in [0.1, 0.15) is 0 Å². The quantitative estimate of drug-likeness (QED) is 0.804. The van der Waals surface area contributed by atoms with Crippen LogP contribution in [0.25, 0.3) is 0 Å². The molecule has 0 radical (unpaired) electrons. The monoisotopic (exact) mass is 275 g/mol. The Hall–Kier alpha value is -1.91. The van der Waals surface area contributed by atoms with Crippen molar-refractivity contribution in [3.63, 3.8) is 0 Å². The van der Waals surface area contributed by atoms with Gasteiger partial charge in [-0.2, -0.15) is 0 Å². The third kappa shape index (κ3) is 3.15. The summed E-state index contributed by atoms with van der Waals surface area (Å²) in [6, 6.07) is 3.88. The van der Waals surface area contributed by atoms with E-state index in [1.165, 1.54) is 4.90 Å². The maximum Gasteiger partial charge on any atom is 0.241 e. The van der Waals surface area contributed by atoms with Gasteiger partial charge in [-0.15, -0.1) is 0 Å². The second-order valence-corrected chi connectivity index (χ2v) is 5.77. The molecule has 0 aromatic carbocycles. The Balaban J connectivity index is 1.99. The summed E-state index contributed by atoms with van der Waals surface area (Å²) in [5.41, 5.74) is 0.760. The van der Waals surface area contributed by atoms with Crippen LogP contribution in [0.2, 0.25) is 0 Å². The normalized spacial score (nSPS) is 15.6. The van der Waals surface area contributed by atoms with Crippen LogP contribution in [0.15, 0.2) is 24.5 Å². The molecule has 1 fully saturated rings. The molecule has 1 heterocycles. The van der Waals surface area contributed by atoms with Crippen LogP contribution in [0, 0.1) is 5.41 Å². The molecule has 0 bridgehead atoms. The smallest absolute Gasteiger partial charge is 0.241 e. The Bertz CT molecular complexity index is 495. The number of amides is 2. The zero-order valence-electron chi connectivity index (χ0n) is 12.3. The Morgan fingerprint density at radius 2 is 2.00 bits per heavy atom. The summed E-state index contributed by atoms with van der Waals surface area (Å²) < 4.78 is 0. The number of carbonyl (C=O) groups is 2. The highest BCUT2D eigenvalue weighted by atomic mass is 16.2. The molecule has 1 saturated carbocycles. The minimum absolute atomic E-state index is 0.0574. The molecule has 5 nitrogen and oxygen atoms in total. The Morgan fingerprint density at radius 1 is 1.30 bits per heavy atom. The lowest BCUT2D eigenvalue weighted by Gasteiger charge is -2.24. The molecule has 1 aliphatic carbocycles. The van der Waals surface area contributed by atoms with Gasteiger partial charge in [-0.05, 0) is 30.9 Å². The second kappa shape index (κ2) is 5.61. The van der Waals surface area contributed by atoms with Crippen molar-refractivity contribution in [2.24, 2.45) is 5.41 Å². The molecule has 5 heteroatoms. The molecule has 2 rings (SSSR count). The van der Waals surface area contributed by atoms with E-state index in [1.54, 1.807) is 38.4 Å². The van der Waals surface area contributed by atoms with Crippen LogP contribution < -0.4 is 0 Å². The minimum Gasteiger partial charge on any atom is -0.347 e. The molecule has 0 saturated heterocycles. The van der Waals surface area contributed by atoms with E-state index < -0.39 is 0 Å². The number of hydrogen-bond donors (Lipinski definition) is 0. The van der Waals surface area contributed by atoms with E-state index in [9.17, 15) is 9.59 Å². The minimum atomic E-state index is -0.315. The molecule has 1 aromatic rings. The van der Waals surface area contributed by atoms with Gasteiger partial charge < -0.3 is 9.80 Å². The maximum atomic E-state index is 12.5. The van der Waals surface area contributed by atoms with Crippen LogP contribution in [0.3, 0.4) is 0 Å². The lowest BCUT2D eigenvalue weighted by atomic mass is 9.96. The molecule has 20 heavy (non-hydrogen) atoms. The van der Waals surface area contributed by atoms with Gasteiger partial charge in [-0.3, -0.25) is 14.6 Å². The van der Waals surface area contributed by atoms with E-state index in [-0.39, 0.29) is 23.8 Å². The second-order valence-electron chi connectivity index (χ2n) is 5.77. The fourth-order valence-corrected chi connectivity index (χ4v) is 2.33. The Morgan fingerprint density at radius 3 is 2.50 bits per heavy atom. The van der Waals surface area contributed by atoms with E-state index in [1.807, 2.05) is 12.1 Å². The Kier molecular flexibility index (Phi) is 4.06. The highest BCUT2D eigenvalue weighted by molar-refractivity contribution is 5.89. The van der Waals surface area contributed by atoms with E-state index in [2.05, 4.69) is 4.98 Å². The molecule has 108 valence electrons. The average molecular weight is 275 g/mol. The number of nitrogens with zero attached hydrogens (tertiary/aromatic N) is 3. The van der Waals surface area contributed by atoms with Crippen molar-refractivity contribution in [2.75, 3.05) is 27.7 Å². The summed E-state index contributed by atoms with van der Waals surface area (Å²) >= 11 is 0. The van der Waals surface area contributed by atoms with Crippen LogP contribution in [0.4, 0.5) is 0 Å². The first-order valence-corrected chi connectivity index (χ1v) is 6.79. The highest BCUT2D eigenvalue weighted by Gasteiger charge is 2.51.